The largest absolute Gasteiger partial charge is 0.377 e. The number of rotatable bonds is 6. The third-order valence-corrected chi connectivity index (χ3v) is 2.41. The lowest BCUT2D eigenvalue weighted by Crippen LogP contribution is -1.94. The highest BCUT2D eigenvalue weighted by Gasteiger charge is 1.92. The van der Waals surface area contributed by atoms with Crippen molar-refractivity contribution in [1.29, 1.82) is 0 Å². The number of hydrogen-bond acceptors (Lipinski definition) is 1. The van der Waals surface area contributed by atoms with E-state index in [1.54, 1.807) is 0 Å². The summed E-state index contributed by atoms with van der Waals surface area (Å²) in [5, 5.41) is 0. The van der Waals surface area contributed by atoms with Crippen LogP contribution in [0.2, 0.25) is 0 Å². The van der Waals surface area contributed by atoms with Crippen LogP contribution in [0.4, 0.5) is 0 Å². The van der Waals surface area contributed by atoms with Crippen LogP contribution in [-0.2, 0) is 11.3 Å². The van der Waals surface area contributed by atoms with Gasteiger partial charge in [0.25, 0.3) is 0 Å². The Morgan fingerprint density at radius 2 is 2.00 bits per heavy atom. The van der Waals surface area contributed by atoms with Gasteiger partial charge in [0.15, 0.2) is 0 Å². The predicted molar refractivity (Wildman–Crippen MR) is 63.2 cm³/mol. The van der Waals surface area contributed by atoms with E-state index in [1.165, 1.54) is 5.56 Å². The smallest absolute Gasteiger partial charge is 0.0716 e. The van der Waals surface area contributed by atoms with Crippen LogP contribution in [0.1, 0.15) is 18.4 Å². The van der Waals surface area contributed by atoms with E-state index in [1.807, 2.05) is 18.2 Å². The van der Waals surface area contributed by atoms with Gasteiger partial charge in [-0.3, -0.25) is 0 Å². The van der Waals surface area contributed by atoms with Gasteiger partial charge in [-0.05, 0) is 30.5 Å². The van der Waals surface area contributed by atoms with Crippen molar-refractivity contribution in [2.75, 3.05) is 6.61 Å². The second kappa shape index (κ2) is 6.80. The highest BCUT2D eigenvalue weighted by atomic mass is 79.9. The molecule has 1 nitrogen and oxygen atoms in total. The van der Waals surface area contributed by atoms with Crippen molar-refractivity contribution < 1.29 is 4.74 Å². The van der Waals surface area contributed by atoms with E-state index in [0.29, 0.717) is 6.61 Å². The van der Waals surface area contributed by atoms with Crippen molar-refractivity contribution in [1.82, 2.24) is 0 Å². The Hall–Kier alpha value is -0.600. The van der Waals surface area contributed by atoms with Crippen molar-refractivity contribution in [3.8, 4) is 0 Å². The minimum atomic E-state index is 0.699. The molecule has 0 fully saturated rings. The molecule has 2 heteroatoms. The Morgan fingerprint density at radius 3 is 2.64 bits per heavy atom. The maximum atomic E-state index is 5.50. The van der Waals surface area contributed by atoms with Crippen LogP contribution in [0.5, 0.6) is 0 Å². The second-order valence-electron chi connectivity index (χ2n) is 3.11. The zero-order valence-electron chi connectivity index (χ0n) is 8.21. The van der Waals surface area contributed by atoms with Crippen LogP contribution in [0, 0.1) is 0 Å². The summed E-state index contributed by atoms with van der Waals surface area (Å²) in [6, 6.07) is 8.19. The average Bonchev–Trinajstić information content (AvgIpc) is 2.21. The normalized spacial score (nSPS) is 10.1. The summed E-state index contributed by atoms with van der Waals surface area (Å²) in [5.41, 5.74) is 1.21. The fourth-order valence-corrected chi connectivity index (χ4v) is 1.36. The highest BCUT2D eigenvalue weighted by Crippen LogP contribution is 2.11. The highest BCUT2D eigenvalue weighted by molar-refractivity contribution is 9.10. The van der Waals surface area contributed by atoms with Crippen LogP contribution in [-0.4, -0.2) is 6.61 Å². The fourth-order valence-electron chi connectivity index (χ4n) is 1.10. The van der Waals surface area contributed by atoms with Gasteiger partial charge < -0.3 is 4.74 Å². The topological polar surface area (TPSA) is 9.23 Å². The van der Waals surface area contributed by atoms with E-state index in [4.69, 9.17) is 4.74 Å². The molecule has 0 aliphatic rings. The molecular formula is C12H15BrO. The predicted octanol–water partition coefficient (Wildman–Crippen LogP) is 3.93. The van der Waals surface area contributed by atoms with Gasteiger partial charge in [-0.25, -0.2) is 0 Å². The molecule has 0 N–H and O–H groups in total. The van der Waals surface area contributed by atoms with Gasteiger partial charge >= 0.3 is 0 Å². The van der Waals surface area contributed by atoms with E-state index < -0.39 is 0 Å². The minimum absolute atomic E-state index is 0.699. The maximum Gasteiger partial charge on any atom is 0.0716 e. The molecule has 14 heavy (non-hydrogen) atoms. The lowest BCUT2D eigenvalue weighted by atomic mass is 10.2. The number of unbranched alkanes of at least 4 members (excludes halogenated alkanes) is 1. The Kier molecular flexibility index (Phi) is 5.57. The molecule has 76 valence electrons. The van der Waals surface area contributed by atoms with Crippen molar-refractivity contribution in [2.45, 2.75) is 19.4 Å². The number of allylic oxidation sites excluding steroid dienone is 1. The molecule has 0 amide bonds. The first-order valence-corrected chi connectivity index (χ1v) is 5.55. The molecule has 0 aromatic heterocycles. The molecule has 0 aliphatic heterocycles. The molecule has 0 saturated heterocycles. The minimum Gasteiger partial charge on any atom is -0.377 e. The maximum absolute atomic E-state index is 5.50. The monoisotopic (exact) mass is 254 g/mol. The summed E-state index contributed by atoms with van der Waals surface area (Å²) in [5.74, 6) is 0. The number of hydrogen-bond donors (Lipinski definition) is 0. The van der Waals surface area contributed by atoms with Crippen LogP contribution < -0.4 is 0 Å². The average molecular weight is 255 g/mol. The Balaban J connectivity index is 2.18. The zero-order valence-corrected chi connectivity index (χ0v) is 9.79. The first-order chi connectivity index (χ1) is 6.83. The molecule has 0 heterocycles. The van der Waals surface area contributed by atoms with E-state index in [9.17, 15) is 0 Å². The van der Waals surface area contributed by atoms with Gasteiger partial charge in [0.1, 0.15) is 0 Å². The van der Waals surface area contributed by atoms with Gasteiger partial charge in [0.2, 0.25) is 0 Å². The van der Waals surface area contributed by atoms with Crippen LogP contribution in [0.25, 0.3) is 0 Å². The van der Waals surface area contributed by atoms with Crippen molar-refractivity contribution >= 4 is 15.9 Å². The molecule has 1 rings (SSSR count). The van der Waals surface area contributed by atoms with Gasteiger partial charge in [0, 0.05) is 11.1 Å². The molecule has 0 unspecified atom stereocenters. The van der Waals surface area contributed by atoms with Crippen LogP contribution >= 0.6 is 15.9 Å². The molecule has 0 radical (unpaired) electrons. The van der Waals surface area contributed by atoms with E-state index in [-0.39, 0.29) is 0 Å². The van der Waals surface area contributed by atoms with Gasteiger partial charge in [-0.1, -0.05) is 34.1 Å². The molecule has 1 aromatic rings. The fraction of sp³-hybridized carbons (Fsp3) is 0.333. The summed E-state index contributed by atoms with van der Waals surface area (Å²) in [6.45, 7) is 5.17. The van der Waals surface area contributed by atoms with Gasteiger partial charge in [-0.15, -0.1) is 6.58 Å². The Bertz CT molecular complexity index is 266. The molecule has 0 spiro atoms. The molecule has 0 saturated carbocycles. The second-order valence-corrected chi connectivity index (χ2v) is 4.03. The number of ether oxygens (including phenoxy) is 1. The molecule has 1 aromatic carbocycles. The molecular weight excluding hydrogens is 240 g/mol. The third-order valence-electron chi connectivity index (χ3n) is 1.88. The van der Waals surface area contributed by atoms with E-state index in [0.717, 1.165) is 23.9 Å². The summed E-state index contributed by atoms with van der Waals surface area (Å²) < 4.78 is 6.60. The third kappa shape index (κ3) is 4.58. The SMILES string of the molecule is C=CCCCOCc1ccc(Br)cc1. The standard InChI is InChI=1S/C12H15BrO/c1-2-3-4-9-14-10-11-5-7-12(13)8-6-11/h2,5-8H,1,3-4,9-10H2. The summed E-state index contributed by atoms with van der Waals surface area (Å²) in [7, 11) is 0. The van der Waals surface area contributed by atoms with Crippen molar-refractivity contribution in [2.24, 2.45) is 0 Å². The Morgan fingerprint density at radius 1 is 1.29 bits per heavy atom. The van der Waals surface area contributed by atoms with E-state index >= 15 is 0 Å². The van der Waals surface area contributed by atoms with Crippen LogP contribution in [0.3, 0.4) is 0 Å². The lowest BCUT2D eigenvalue weighted by molar-refractivity contribution is 0.119. The number of halogens is 1. The first kappa shape index (κ1) is 11.5. The first-order valence-electron chi connectivity index (χ1n) is 4.76. The summed E-state index contributed by atoms with van der Waals surface area (Å²) in [4.78, 5) is 0. The lowest BCUT2D eigenvalue weighted by Gasteiger charge is -2.03. The summed E-state index contributed by atoms with van der Waals surface area (Å²) >= 11 is 3.40. The number of benzene rings is 1. The zero-order chi connectivity index (χ0) is 10.2. The molecule has 0 atom stereocenters. The van der Waals surface area contributed by atoms with Crippen molar-refractivity contribution in [3.63, 3.8) is 0 Å². The van der Waals surface area contributed by atoms with E-state index in [2.05, 4.69) is 34.6 Å². The molecule has 0 bridgehead atoms. The van der Waals surface area contributed by atoms with Crippen molar-refractivity contribution in [3.05, 3.63) is 47.0 Å². The van der Waals surface area contributed by atoms with Gasteiger partial charge in [0.05, 0.1) is 6.61 Å². The van der Waals surface area contributed by atoms with Gasteiger partial charge in [-0.2, -0.15) is 0 Å². The van der Waals surface area contributed by atoms with Crippen LogP contribution in [0.15, 0.2) is 41.4 Å². The summed E-state index contributed by atoms with van der Waals surface area (Å²) in [6.07, 6.45) is 4.00. The quantitative estimate of drug-likeness (QED) is 0.552. The Labute approximate surface area is 93.9 Å². The molecule has 0 aliphatic carbocycles.